The zero-order valence-corrected chi connectivity index (χ0v) is 11.0. The second-order valence-electron chi connectivity index (χ2n) is 5.36. The molecule has 1 heterocycles. The number of amides is 1. The van der Waals surface area contributed by atoms with Crippen LogP contribution < -0.4 is 11.1 Å². The maximum Gasteiger partial charge on any atom is 0.249 e. The van der Waals surface area contributed by atoms with Crippen LogP contribution in [0.3, 0.4) is 0 Å². The van der Waals surface area contributed by atoms with Gasteiger partial charge in [-0.05, 0) is 36.8 Å². The number of carbonyl (C=O) groups is 1. The summed E-state index contributed by atoms with van der Waals surface area (Å²) in [5.74, 6) is 0.0117. The van der Waals surface area contributed by atoms with Crippen molar-refractivity contribution in [3.8, 4) is 0 Å². The molecule has 1 saturated heterocycles. The molecule has 3 N–H and O–H groups in total. The average molecular weight is 260 g/mol. The van der Waals surface area contributed by atoms with Crippen molar-refractivity contribution in [2.75, 3.05) is 6.54 Å². The first-order valence-electron chi connectivity index (χ1n) is 7.01. The predicted molar refractivity (Wildman–Crippen MR) is 72.6 cm³/mol. The van der Waals surface area contributed by atoms with Crippen LogP contribution in [0.15, 0.2) is 24.3 Å². The molecule has 19 heavy (non-hydrogen) atoms. The number of carbonyl (C=O) groups excluding carboxylic acids is 1. The van der Waals surface area contributed by atoms with Gasteiger partial charge in [0.1, 0.15) is 6.10 Å². The number of aryl methyl sites for hydroxylation is 1. The molecule has 102 valence electrons. The Kier molecular flexibility index (Phi) is 3.53. The summed E-state index contributed by atoms with van der Waals surface area (Å²) in [6.07, 6.45) is 3.42. The molecule has 4 heteroatoms. The van der Waals surface area contributed by atoms with Gasteiger partial charge in [-0.15, -0.1) is 0 Å². The smallest absolute Gasteiger partial charge is 0.249 e. The molecule has 3 atom stereocenters. The molecule has 0 bridgehead atoms. The first-order valence-corrected chi connectivity index (χ1v) is 7.01. The Hall–Kier alpha value is -1.39. The summed E-state index contributed by atoms with van der Waals surface area (Å²) >= 11 is 0. The highest BCUT2D eigenvalue weighted by Crippen LogP contribution is 2.31. The molecule has 4 nitrogen and oxygen atoms in total. The highest BCUT2D eigenvalue weighted by molar-refractivity contribution is 5.81. The highest BCUT2D eigenvalue weighted by atomic mass is 16.5. The van der Waals surface area contributed by atoms with Gasteiger partial charge < -0.3 is 15.8 Å². The number of hydrogen-bond donors (Lipinski definition) is 2. The number of hydrogen-bond acceptors (Lipinski definition) is 3. The first-order chi connectivity index (χ1) is 9.28. The number of benzene rings is 1. The molecule has 3 unspecified atom stereocenters. The van der Waals surface area contributed by atoms with E-state index in [1.807, 2.05) is 6.07 Å². The van der Waals surface area contributed by atoms with E-state index >= 15 is 0 Å². The minimum absolute atomic E-state index is 0.0117. The molecular weight excluding hydrogens is 240 g/mol. The summed E-state index contributed by atoms with van der Waals surface area (Å²) in [7, 11) is 0. The summed E-state index contributed by atoms with van der Waals surface area (Å²) in [5, 5.41) is 3.12. The zero-order chi connectivity index (χ0) is 13.2. The fraction of sp³-hybridized carbons (Fsp3) is 0.533. The van der Waals surface area contributed by atoms with E-state index in [1.54, 1.807) is 0 Å². The average Bonchev–Trinajstić information content (AvgIpc) is 3.06. The molecular formula is C15H20N2O2. The van der Waals surface area contributed by atoms with Gasteiger partial charge >= 0.3 is 0 Å². The summed E-state index contributed by atoms with van der Waals surface area (Å²) in [6.45, 7) is 0.496. The molecule has 1 aliphatic heterocycles. The van der Waals surface area contributed by atoms with Gasteiger partial charge in [0, 0.05) is 6.54 Å². The van der Waals surface area contributed by atoms with E-state index in [4.69, 9.17) is 10.5 Å². The molecule has 1 fully saturated rings. The topological polar surface area (TPSA) is 64.4 Å². The second kappa shape index (κ2) is 5.31. The van der Waals surface area contributed by atoms with Crippen LogP contribution in [-0.4, -0.2) is 24.7 Å². The Bertz CT molecular complexity index is 475. The highest BCUT2D eigenvalue weighted by Gasteiger charge is 2.32. The summed E-state index contributed by atoms with van der Waals surface area (Å²) < 4.78 is 5.63. The van der Waals surface area contributed by atoms with Gasteiger partial charge in [-0.3, -0.25) is 4.79 Å². The van der Waals surface area contributed by atoms with Gasteiger partial charge in [-0.2, -0.15) is 0 Å². The Morgan fingerprint density at radius 2 is 2.16 bits per heavy atom. The summed E-state index contributed by atoms with van der Waals surface area (Å²) in [6, 6.07) is 8.46. The molecule has 1 aromatic rings. The van der Waals surface area contributed by atoms with Gasteiger partial charge in [0.05, 0.1) is 12.1 Å². The standard InChI is InChI=1S/C15H20N2O2/c16-9-11-6-8-14(19-11)15(18)17-13-7-5-10-3-1-2-4-12(10)13/h1-4,11,13-14H,5-9,16H2,(H,17,18). The minimum atomic E-state index is -0.318. The molecule has 0 radical (unpaired) electrons. The van der Waals surface area contributed by atoms with Crippen LogP contribution in [0.2, 0.25) is 0 Å². The lowest BCUT2D eigenvalue weighted by molar-refractivity contribution is -0.132. The van der Waals surface area contributed by atoms with Crippen molar-refractivity contribution in [1.29, 1.82) is 0 Å². The fourth-order valence-corrected chi connectivity index (χ4v) is 3.04. The van der Waals surface area contributed by atoms with E-state index in [0.717, 1.165) is 25.7 Å². The van der Waals surface area contributed by atoms with Crippen molar-refractivity contribution < 1.29 is 9.53 Å². The first kappa shape index (κ1) is 12.6. The molecule has 3 rings (SSSR count). The second-order valence-corrected chi connectivity index (χ2v) is 5.36. The van der Waals surface area contributed by atoms with Gasteiger partial charge in [0.25, 0.3) is 0 Å². The Labute approximate surface area is 113 Å². The number of nitrogens with two attached hydrogens (primary N) is 1. The summed E-state index contributed by atoms with van der Waals surface area (Å²) in [5.41, 5.74) is 8.17. The van der Waals surface area contributed by atoms with Gasteiger partial charge in [-0.1, -0.05) is 24.3 Å². The Morgan fingerprint density at radius 1 is 1.32 bits per heavy atom. The van der Waals surface area contributed by atoms with Crippen LogP contribution in [0, 0.1) is 0 Å². The number of rotatable bonds is 3. The third-order valence-corrected chi connectivity index (χ3v) is 4.11. The Balaban J connectivity index is 1.62. The monoisotopic (exact) mass is 260 g/mol. The third kappa shape index (κ3) is 2.51. The lowest BCUT2D eigenvalue weighted by Crippen LogP contribution is -2.37. The van der Waals surface area contributed by atoms with Crippen LogP contribution >= 0.6 is 0 Å². The third-order valence-electron chi connectivity index (χ3n) is 4.11. The van der Waals surface area contributed by atoms with Crippen molar-refractivity contribution in [3.63, 3.8) is 0 Å². The lowest BCUT2D eigenvalue weighted by Gasteiger charge is -2.18. The maximum absolute atomic E-state index is 12.2. The molecule has 0 saturated carbocycles. The molecule has 0 spiro atoms. The van der Waals surface area contributed by atoms with Gasteiger partial charge in [-0.25, -0.2) is 0 Å². The number of nitrogens with one attached hydrogen (secondary N) is 1. The molecule has 0 aromatic heterocycles. The largest absolute Gasteiger partial charge is 0.364 e. The lowest BCUT2D eigenvalue weighted by atomic mass is 10.1. The SMILES string of the molecule is NCC1CCC(C(=O)NC2CCc3ccccc32)O1. The van der Waals surface area contributed by atoms with Crippen molar-refractivity contribution in [2.45, 2.75) is 43.9 Å². The molecule has 2 aliphatic rings. The number of fused-ring (bicyclic) bond motifs is 1. The van der Waals surface area contributed by atoms with Crippen molar-refractivity contribution in [3.05, 3.63) is 35.4 Å². The molecule has 1 aliphatic carbocycles. The van der Waals surface area contributed by atoms with Crippen LogP contribution in [0.5, 0.6) is 0 Å². The van der Waals surface area contributed by atoms with E-state index in [1.165, 1.54) is 11.1 Å². The Morgan fingerprint density at radius 3 is 2.95 bits per heavy atom. The van der Waals surface area contributed by atoms with Crippen LogP contribution in [0.1, 0.15) is 36.4 Å². The van der Waals surface area contributed by atoms with Crippen LogP contribution in [-0.2, 0) is 16.0 Å². The van der Waals surface area contributed by atoms with E-state index in [0.29, 0.717) is 6.54 Å². The van der Waals surface area contributed by atoms with Crippen molar-refractivity contribution in [2.24, 2.45) is 5.73 Å². The normalized spacial score (nSPS) is 29.2. The van der Waals surface area contributed by atoms with Crippen molar-refractivity contribution in [1.82, 2.24) is 5.32 Å². The molecule has 1 amide bonds. The van der Waals surface area contributed by atoms with Crippen molar-refractivity contribution >= 4 is 5.91 Å². The maximum atomic E-state index is 12.2. The van der Waals surface area contributed by atoms with Crippen LogP contribution in [0.4, 0.5) is 0 Å². The predicted octanol–water partition coefficient (Wildman–Crippen LogP) is 1.30. The fourth-order valence-electron chi connectivity index (χ4n) is 3.04. The quantitative estimate of drug-likeness (QED) is 0.861. The van der Waals surface area contributed by atoms with E-state index in [2.05, 4.69) is 23.5 Å². The minimum Gasteiger partial charge on any atom is -0.364 e. The zero-order valence-electron chi connectivity index (χ0n) is 11.0. The summed E-state index contributed by atoms with van der Waals surface area (Å²) in [4.78, 5) is 12.2. The van der Waals surface area contributed by atoms with Crippen LogP contribution in [0.25, 0.3) is 0 Å². The number of ether oxygens (including phenoxy) is 1. The van der Waals surface area contributed by atoms with E-state index in [-0.39, 0.29) is 24.2 Å². The van der Waals surface area contributed by atoms with E-state index in [9.17, 15) is 4.79 Å². The van der Waals surface area contributed by atoms with Gasteiger partial charge in [0.15, 0.2) is 0 Å². The molecule has 1 aromatic carbocycles. The van der Waals surface area contributed by atoms with Gasteiger partial charge in [0.2, 0.25) is 5.91 Å². The van der Waals surface area contributed by atoms with E-state index < -0.39 is 0 Å².